The van der Waals surface area contributed by atoms with E-state index in [-0.39, 0.29) is 0 Å². The molecule has 0 saturated carbocycles. The van der Waals surface area contributed by atoms with Gasteiger partial charge in [-0.1, -0.05) is 0 Å². The van der Waals surface area contributed by atoms with Crippen molar-refractivity contribution in [2.24, 2.45) is 0 Å². The number of benzene rings is 1. The summed E-state index contributed by atoms with van der Waals surface area (Å²) in [6.45, 7) is 2.07. The molecule has 0 radical (unpaired) electrons. The van der Waals surface area contributed by atoms with Gasteiger partial charge in [0, 0.05) is 16.0 Å². The lowest BCUT2D eigenvalue weighted by Crippen LogP contribution is -1.86. The van der Waals surface area contributed by atoms with Gasteiger partial charge in [0.1, 0.15) is 5.52 Å². The standard InChI is InChI=1S/C9H7IN2/c1-6-4-7(10)9-8(5-6)11-2-3-12-9/h2-5H,1H3. The number of fused-ring (bicyclic) bond motifs is 1. The highest BCUT2D eigenvalue weighted by Gasteiger charge is 2.00. The molecule has 1 heterocycles. The third kappa shape index (κ3) is 1.29. The Morgan fingerprint density at radius 3 is 2.75 bits per heavy atom. The first-order chi connectivity index (χ1) is 5.77. The molecule has 0 unspecified atom stereocenters. The van der Waals surface area contributed by atoms with Crippen LogP contribution in [-0.2, 0) is 0 Å². The zero-order valence-electron chi connectivity index (χ0n) is 6.58. The first-order valence-electron chi connectivity index (χ1n) is 3.64. The minimum Gasteiger partial charge on any atom is -0.253 e. The molecule has 1 aromatic carbocycles. The van der Waals surface area contributed by atoms with Gasteiger partial charge in [0.05, 0.1) is 5.52 Å². The SMILES string of the molecule is Cc1cc(I)c2nccnc2c1. The van der Waals surface area contributed by atoms with Gasteiger partial charge in [-0.05, 0) is 47.2 Å². The zero-order chi connectivity index (χ0) is 8.55. The Morgan fingerprint density at radius 1 is 1.17 bits per heavy atom. The van der Waals surface area contributed by atoms with E-state index in [0.29, 0.717) is 0 Å². The fraction of sp³-hybridized carbons (Fsp3) is 0.111. The minimum atomic E-state index is 0.974. The first-order valence-corrected chi connectivity index (χ1v) is 4.72. The summed E-state index contributed by atoms with van der Waals surface area (Å²) in [4.78, 5) is 8.49. The Morgan fingerprint density at radius 2 is 1.92 bits per heavy atom. The van der Waals surface area contributed by atoms with Crippen molar-refractivity contribution < 1.29 is 0 Å². The molecule has 0 aliphatic carbocycles. The third-order valence-electron chi connectivity index (χ3n) is 1.67. The number of hydrogen-bond donors (Lipinski definition) is 0. The Bertz CT molecular complexity index is 426. The highest BCUT2D eigenvalue weighted by molar-refractivity contribution is 14.1. The molecular formula is C9H7IN2. The van der Waals surface area contributed by atoms with Gasteiger partial charge in [-0.3, -0.25) is 9.97 Å². The second-order valence-electron chi connectivity index (χ2n) is 2.67. The number of nitrogens with zero attached hydrogens (tertiary/aromatic N) is 2. The largest absolute Gasteiger partial charge is 0.253 e. The van der Waals surface area contributed by atoms with E-state index in [4.69, 9.17) is 0 Å². The van der Waals surface area contributed by atoms with E-state index >= 15 is 0 Å². The molecule has 0 fully saturated rings. The molecule has 0 N–H and O–H groups in total. The predicted molar refractivity (Wildman–Crippen MR) is 57.0 cm³/mol. The molecule has 0 aliphatic heterocycles. The summed E-state index contributed by atoms with van der Waals surface area (Å²) in [5.41, 5.74) is 3.19. The van der Waals surface area contributed by atoms with E-state index in [1.165, 1.54) is 5.56 Å². The van der Waals surface area contributed by atoms with Crippen molar-refractivity contribution in [2.45, 2.75) is 6.92 Å². The van der Waals surface area contributed by atoms with Gasteiger partial charge in [0.2, 0.25) is 0 Å². The fourth-order valence-corrected chi connectivity index (χ4v) is 2.07. The monoisotopic (exact) mass is 270 g/mol. The molecule has 1 aromatic heterocycles. The average molecular weight is 270 g/mol. The topological polar surface area (TPSA) is 25.8 Å². The van der Waals surface area contributed by atoms with E-state index in [0.717, 1.165) is 14.6 Å². The molecule has 0 saturated heterocycles. The lowest BCUT2D eigenvalue weighted by molar-refractivity contribution is 1.28. The predicted octanol–water partition coefficient (Wildman–Crippen LogP) is 2.54. The molecule has 0 spiro atoms. The van der Waals surface area contributed by atoms with Crippen LogP contribution in [0.5, 0.6) is 0 Å². The highest BCUT2D eigenvalue weighted by atomic mass is 127. The van der Waals surface area contributed by atoms with Crippen LogP contribution in [0.4, 0.5) is 0 Å². The summed E-state index contributed by atoms with van der Waals surface area (Å²) in [7, 11) is 0. The van der Waals surface area contributed by atoms with Crippen LogP contribution in [0.2, 0.25) is 0 Å². The molecule has 0 atom stereocenters. The van der Waals surface area contributed by atoms with Crippen LogP contribution in [-0.4, -0.2) is 9.97 Å². The Labute approximate surface area is 84.2 Å². The number of aromatic nitrogens is 2. The smallest absolute Gasteiger partial charge is 0.102 e. The van der Waals surface area contributed by atoms with Gasteiger partial charge in [0.25, 0.3) is 0 Å². The van der Waals surface area contributed by atoms with Gasteiger partial charge in [-0.2, -0.15) is 0 Å². The van der Waals surface area contributed by atoms with E-state index in [2.05, 4.69) is 45.5 Å². The van der Waals surface area contributed by atoms with Crippen LogP contribution in [0.1, 0.15) is 5.56 Å². The van der Waals surface area contributed by atoms with E-state index in [9.17, 15) is 0 Å². The van der Waals surface area contributed by atoms with Crippen molar-refractivity contribution in [2.75, 3.05) is 0 Å². The van der Waals surface area contributed by atoms with Crippen LogP contribution in [0.15, 0.2) is 24.5 Å². The summed E-state index contributed by atoms with van der Waals surface area (Å²) < 4.78 is 1.16. The lowest BCUT2D eigenvalue weighted by atomic mass is 10.2. The number of hydrogen-bond acceptors (Lipinski definition) is 2. The van der Waals surface area contributed by atoms with Crippen molar-refractivity contribution in [3.05, 3.63) is 33.7 Å². The van der Waals surface area contributed by atoms with E-state index in [1.54, 1.807) is 12.4 Å². The summed E-state index contributed by atoms with van der Waals surface area (Å²) in [5, 5.41) is 0. The summed E-state index contributed by atoms with van der Waals surface area (Å²) in [5.74, 6) is 0. The lowest BCUT2D eigenvalue weighted by Gasteiger charge is -1.99. The van der Waals surface area contributed by atoms with Crippen LogP contribution in [0.25, 0.3) is 11.0 Å². The maximum Gasteiger partial charge on any atom is 0.102 e. The number of halogens is 1. The highest BCUT2D eigenvalue weighted by Crippen LogP contribution is 2.17. The quantitative estimate of drug-likeness (QED) is 0.687. The zero-order valence-corrected chi connectivity index (χ0v) is 8.74. The summed E-state index contributed by atoms with van der Waals surface area (Å²) >= 11 is 2.28. The normalized spacial score (nSPS) is 10.5. The van der Waals surface area contributed by atoms with Gasteiger partial charge in [-0.25, -0.2) is 0 Å². The molecule has 2 rings (SSSR count). The van der Waals surface area contributed by atoms with Gasteiger partial charge in [-0.15, -0.1) is 0 Å². The van der Waals surface area contributed by atoms with Gasteiger partial charge < -0.3 is 0 Å². The number of aryl methyl sites for hydroxylation is 1. The molecule has 60 valence electrons. The molecular weight excluding hydrogens is 263 g/mol. The van der Waals surface area contributed by atoms with Crippen LogP contribution >= 0.6 is 22.6 Å². The summed E-state index contributed by atoms with van der Waals surface area (Å²) in [6, 6.07) is 4.15. The molecule has 0 bridgehead atoms. The van der Waals surface area contributed by atoms with Crippen molar-refractivity contribution in [1.82, 2.24) is 9.97 Å². The van der Waals surface area contributed by atoms with Gasteiger partial charge in [0.15, 0.2) is 0 Å². The fourth-order valence-electron chi connectivity index (χ4n) is 1.16. The second kappa shape index (κ2) is 2.97. The van der Waals surface area contributed by atoms with Crippen molar-refractivity contribution in [1.29, 1.82) is 0 Å². The Kier molecular flexibility index (Phi) is 1.96. The average Bonchev–Trinajstić information content (AvgIpc) is 2.04. The third-order valence-corrected chi connectivity index (χ3v) is 2.49. The number of rotatable bonds is 0. The van der Waals surface area contributed by atoms with Crippen molar-refractivity contribution in [3.8, 4) is 0 Å². The van der Waals surface area contributed by atoms with Crippen LogP contribution in [0, 0.1) is 10.5 Å². The Balaban J connectivity index is 2.89. The molecule has 2 aromatic rings. The molecule has 0 aliphatic rings. The second-order valence-corrected chi connectivity index (χ2v) is 3.83. The molecule has 2 nitrogen and oxygen atoms in total. The maximum atomic E-state index is 4.25. The first kappa shape index (κ1) is 7.91. The van der Waals surface area contributed by atoms with Crippen molar-refractivity contribution >= 4 is 33.6 Å². The van der Waals surface area contributed by atoms with Gasteiger partial charge >= 0.3 is 0 Å². The molecule has 3 heteroatoms. The minimum absolute atomic E-state index is 0.974. The summed E-state index contributed by atoms with van der Waals surface area (Å²) in [6.07, 6.45) is 3.44. The maximum absolute atomic E-state index is 4.25. The van der Waals surface area contributed by atoms with Crippen LogP contribution in [0.3, 0.4) is 0 Å². The molecule has 0 amide bonds. The van der Waals surface area contributed by atoms with E-state index < -0.39 is 0 Å². The van der Waals surface area contributed by atoms with Crippen molar-refractivity contribution in [3.63, 3.8) is 0 Å². The molecule has 12 heavy (non-hydrogen) atoms. The van der Waals surface area contributed by atoms with E-state index in [1.807, 2.05) is 6.07 Å². The van der Waals surface area contributed by atoms with Crippen LogP contribution < -0.4 is 0 Å². The Hall–Kier alpha value is -0.710.